The highest BCUT2D eigenvalue weighted by molar-refractivity contribution is 8.16. The second kappa shape index (κ2) is 7.64. The topological polar surface area (TPSA) is 57.6 Å². The van der Waals surface area contributed by atoms with Gasteiger partial charge in [-0.05, 0) is 23.5 Å². The van der Waals surface area contributed by atoms with Crippen molar-refractivity contribution in [3.05, 3.63) is 41.2 Å². The molecule has 3 rings (SSSR count). The Morgan fingerprint density at radius 3 is 3.22 bits per heavy atom. The number of amides is 1. The first-order valence-electron chi connectivity index (χ1n) is 8.15. The Hall–Kier alpha value is -1.82. The molecule has 6 heteroatoms. The van der Waals surface area contributed by atoms with Crippen molar-refractivity contribution in [3.63, 3.8) is 0 Å². The van der Waals surface area contributed by atoms with Gasteiger partial charge in [0.25, 0.3) is 0 Å². The Kier molecular flexibility index (Phi) is 5.33. The molecule has 0 saturated carbocycles. The molecule has 3 heterocycles. The molecule has 0 bridgehead atoms. The van der Waals surface area contributed by atoms with E-state index in [2.05, 4.69) is 27.1 Å². The molecule has 0 fully saturated rings. The summed E-state index contributed by atoms with van der Waals surface area (Å²) in [4.78, 5) is 23.2. The van der Waals surface area contributed by atoms with Crippen LogP contribution in [-0.4, -0.2) is 34.0 Å². The monoisotopic (exact) mass is 330 g/mol. The number of pyridine rings is 1. The fraction of sp³-hybridized carbons (Fsp3) is 0.471. The third-order valence-electron chi connectivity index (χ3n) is 4.06. The molecule has 23 heavy (non-hydrogen) atoms. The molecular formula is C17H22N4OS. The lowest BCUT2D eigenvalue weighted by Gasteiger charge is -2.21. The highest BCUT2D eigenvalue weighted by Gasteiger charge is 2.27. The van der Waals surface area contributed by atoms with Crippen LogP contribution in [0.5, 0.6) is 0 Å². The minimum Gasteiger partial charge on any atom is -0.349 e. The SMILES string of the molecule is CCCCC(NC(=O)CC1=CSC2=NCCN12)c1cccnc1. The summed E-state index contributed by atoms with van der Waals surface area (Å²) in [5, 5.41) is 6.25. The van der Waals surface area contributed by atoms with Gasteiger partial charge in [0, 0.05) is 24.6 Å². The molecular weight excluding hydrogens is 308 g/mol. The summed E-state index contributed by atoms with van der Waals surface area (Å²) in [5.74, 6) is 0.0648. The zero-order chi connectivity index (χ0) is 16.1. The second-order valence-electron chi connectivity index (χ2n) is 5.77. The highest BCUT2D eigenvalue weighted by Crippen LogP contribution is 2.31. The maximum atomic E-state index is 12.5. The number of hydrogen-bond donors (Lipinski definition) is 1. The molecule has 1 atom stereocenters. The normalized spacial score (nSPS) is 17.5. The summed E-state index contributed by atoms with van der Waals surface area (Å²) < 4.78 is 0. The van der Waals surface area contributed by atoms with Gasteiger partial charge >= 0.3 is 0 Å². The first kappa shape index (κ1) is 16.1. The molecule has 0 spiro atoms. The summed E-state index contributed by atoms with van der Waals surface area (Å²) in [5.41, 5.74) is 2.14. The second-order valence-corrected chi connectivity index (χ2v) is 6.60. The van der Waals surface area contributed by atoms with Crippen LogP contribution < -0.4 is 5.32 Å². The number of nitrogens with zero attached hydrogens (tertiary/aromatic N) is 3. The van der Waals surface area contributed by atoms with Crippen LogP contribution in [0.25, 0.3) is 0 Å². The van der Waals surface area contributed by atoms with E-state index < -0.39 is 0 Å². The van der Waals surface area contributed by atoms with E-state index in [1.165, 1.54) is 0 Å². The number of aromatic nitrogens is 1. The Morgan fingerprint density at radius 2 is 2.43 bits per heavy atom. The Bertz CT molecular complexity index is 614. The number of nitrogens with one attached hydrogen (secondary N) is 1. The van der Waals surface area contributed by atoms with E-state index >= 15 is 0 Å². The van der Waals surface area contributed by atoms with Gasteiger partial charge in [-0.3, -0.25) is 14.8 Å². The first-order valence-corrected chi connectivity index (χ1v) is 9.03. The molecule has 5 nitrogen and oxygen atoms in total. The molecule has 1 aromatic heterocycles. The average Bonchev–Trinajstić information content (AvgIpc) is 3.17. The summed E-state index contributed by atoms with van der Waals surface area (Å²) in [6, 6.07) is 3.99. The van der Waals surface area contributed by atoms with E-state index in [0.717, 1.165) is 48.8 Å². The number of hydrogen-bond acceptors (Lipinski definition) is 5. The summed E-state index contributed by atoms with van der Waals surface area (Å²) in [7, 11) is 0. The van der Waals surface area contributed by atoms with Crippen molar-refractivity contribution in [2.75, 3.05) is 13.1 Å². The fourth-order valence-corrected chi connectivity index (χ4v) is 3.79. The maximum Gasteiger partial charge on any atom is 0.226 e. The van der Waals surface area contributed by atoms with E-state index in [1.807, 2.05) is 23.7 Å². The van der Waals surface area contributed by atoms with Gasteiger partial charge in [-0.15, -0.1) is 0 Å². The van der Waals surface area contributed by atoms with Crippen LogP contribution in [0.15, 0.2) is 40.6 Å². The maximum absolute atomic E-state index is 12.5. The Labute approximate surface area is 141 Å². The largest absolute Gasteiger partial charge is 0.349 e. The molecule has 2 aliphatic rings. The average molecular weight is 330 g/mol. The van der Waals surface area contributed by atoms with E-state index in [4.69, 9.17) is 0 Å². The molecule has 0 aliphatic carbocycles. The van der Waals surface area contributed by atoms with Gasteiger partial charge in [0.1, 0.15) is 0 Å². The van der Waals surface area contributed by atoms with Gasteiger partial charge in [0.05, 0.1) is 19.0 Å². The number of rotatable bonds is 7. The molecule has 0 saturated heterocycles. The van der Waals surface area contributed by atoms with Crippen LogP contribution >= 0.6 is 11.8 Å². The van der Waals surface area contributed by atoms with Crippen LogP contribution in [-0.2, 0) is 4.79 Å². The van der Waals surface area contributed by atoms with Gasteiger partial charge in [0.15, 0.2) is 5.17 Å². The Balaban J connectivity index is 1.61. The third kappa shape index (κ3) is 3.93. The number of thioether (sulfide) groups is 1. The van der Waals surface area contributed by atoms with Crippen molar-refractivity contribution in [1.29, 1.82) is 0 Å². The van der Waals surface area contributed by atoms with Gasteiger partial charge in [0.2, 0.25) is 5.91 Å². The van der Waals surface area contributed by atoms with Gasteiger partial charge in [-0.2, -0.15) is 0 Å². The Morgan fingerprint density at radius 1 is 1.52 bits per heavy atom. The minimum atomic E-state index is 0.0394. The smallest absolute Gasteiger partial charge is 0.226 e. The van der Waals surface area contributed by atoms with Crippen LogP contribution in [0.4, 0.5) is 0 Å². The molecule has 2 aliphatic heterocycles. The van der Waals surface area contributed by atoms with Crippen molar-refractivity contribution in [2.45, 2.75) is 38.6 Å². The standard InChI is InChI=1S/C17H22N4OS/c1-2-3-6-15(13-5-4-7-18-11-13)20-16(22)10-14-12-23-17-19-8-9-21(14)17/h4-5,7,11-12,15H,2-3,6,8-10H2,1H3,(H,20,22). The number of carbonyl (C=O) groups excluding carboxylic acids is 1. The van der Waals surface area contributed by atoms with Crippen LogP contribution in [0.2, 0.25) is 0 Å². The number of unbranched alkanes of at least 4 members (excludes halogenated alkanes) is 1. The van der Waals surface area contributed by atoms with E-state index in [1.54, 1.807) is 18.0 Å². The summed E-state index contributed by atoms with van der Waals surface area (Å²) >= 11 is 1.62. The van der Waals surface area contributed by atoms with E-state index in [9.17, 15) is 4.79 Å². The quantitative estimate of drug-likeness (QED) is 0.835. The summed E-state index contributed by atoms with van der Waals surface area (Å²) in [6.07, 6.45) is 7.16. The van der Waals surface area contributed by atoms with E-state index in [0.29, 0.717) is 6.42 Å². The number of carbonyl (C=O) groups is 1. The first-order chi connectivity index (χ1) is 11.3. The van der Waals surface area contributed by atoms with Crippen molar-refractivity contribution >= 4 is 22.8 Å². The fourth-order valence-electron chi connectivity index (χ4n) is 2.84. The van der Waals surface area contributed by atoms with Gasteiger partial charge < -0.3 is 10.2 Å². The lowest BCUT2D eigenvalue weighted by molar-refractivity contribution is -0.121. The van der Waals surface area contributed by atoms with Crippen molar-refractivity contribution < 1.29 is 4.79 Å². The number of amidine groups is 1. The van der Waals surface area contributed by atoms with Crippen molar-refractivity contribution in [2.24, 2.45) is 4.99 Å². The molecule has 122 valence electrons. The van der Waals surface area contributed by atoms with Crippen LogP contribution in [0.1, 0.15) is 44.2 Å². The number of aliphatic imine (C=N–C) groups is 1. The summed E-state index contributed by atoms with van der Waals surface area (Å²) in [6.45, 7) is 3.89. The molecule has 0 aromatic carbocycles. The molecule has 1 aromatic rings. The minimum absolute atomic E-state index is 0.0394. The highest BCUT2D eigenvalue weighted by atomic mass is 32.2. The van der Waals surface area contributed by atoms with Crippen LogP contribution in [0.3, 0.4) is 0 Å². The predicted octanol–water partition coefficient (Wildman–Crippen LogP) is 3.08. The zero-order valence-corrected chi connectivity index (χ0v) is 14.2. The van der Waals surface area contributed by atoms with Crippen molar-refractivity contribution in [1.82, 2.24) is 15.2 Å². The molecule has 1 N–H and O–H groups in total. The lowest BCUT2D eigenvalue weighted by Crippen LogP contribution is -2.31. The molecule has 1 amide bonds. The van der Waals surface area contributed by atoms with Crippen LogP contribution in [0, 0.1) is 0 Å². The van der Waals surface area contributed by atoms with Gasteiger partial charge in [-0.1, -0.05) is 37.6 Å². The van der Waals surface area contributed by atoms with E-state index in [-0.39, 0.29) is 11.9 Å². The molecule has 1 unspecified atom stereocenters. The van der Waals surface area contributed by atoms with Gasteiger partial charge in [-0.25, -0.2) is 0 Å². The predicted molar refractivity (Wildman–Crippen MR) is 93.9 cm³/mol. The lowest BCUT2D eigenvalue weighted by atomic mass is 10.0. The third-order valence-corrected chi connectivity index (χ3v) is 5.01. The zero-order valence-electron chi connectivity index (χ0n) is 13.4. The molecule has 0 radical (unpaired) electrons. The number of fused-ring (bicyclic) bond motifs is 1. The van der Waals surface area contributed by atoms with Crippen molar-refractivity contribution in [3.8, 4) is 0 Å².